The van der Waals surface area contributed by atoms with Crippen molar-refractivity contribution in [3.63, 3.8) is 0 Å². The van der Waals surface area contributed by atoms with Crippen LogP contribution in [0.15, 0.2) is 12.2 Å². The minimum Gasteiger partial charge on any atom is -0.465 e. The molecule has 18 heavy (non-hydrogen) atoms. The maximum atomic E-state index is 11.9. The van der Waals surface area contributed by atoms with E-state index in [0.29, 0.717) is 5.57 Å². The summed E-state index contributed by atoms with van der Waals surface area (Å²) < 4.78 is 28.5. The van der Waals surface area contributed by atoms with E-state index in [4.69, 9.17) is 4.74 Å². The maximum Gasteiger partial charge on any atom is 0.330 e. The van der Waals surface area contributed by atoms with Gasteiger partial charge in [0.05, 0.1) is 17.9 Å². The number of carbonyl (C=O) groups is 1. The number of nitriles is 1. The van der Waals surface area contributed by atoms with Crippen molar-refractivity contribution in [2.45, 2.75) is 31.9 Å². The lowest BCUT2D eigenvalue weighted by molar-refractivity contribution is -0.149. The van der Waals surface area contributed by atoms with Gasteiger partial charge >= 0.3 is 5.97 Å². The summed E-state index contributed by atoms with van der Waals surface area (Å²) in [5.41, 5.74) is -1.16. The molecule has 0 radical (unpaired) electrons. The van der Waals surface area contributed by atoms with Gasteiger partial charge < -0.3 is 4.74 Å². The highest BCUT2D eigenvalue weighted by molar-refractivity contribution is 7.92. The SMILES string of the molecule is C=C1CC(S(=O)(=O)CC)CC1(C#N)C(=O)OCC. The molecule has 0 aromatic carbocycles. The lowest BCUT2D eigenvalue weighted by Crippen LogP contribution is -2.32. The van der Waals surface area contributed by atoms with Crippen molar-refractivity contribution in [2.75, 3.05) is 12.4 Å². The van der Waals surface area contributed by atoms with Crippen LogP contribution < -0.4 is 0 Å². The Bertz CT molecular complexity index is 503. The molecule has 2 unspecified atom stereocenters. The van der Waals surface area contributed by atoms with E-state index in [1.165, 1.54) is 0 Å². The molecule has 0 aromatic heterocycles. The lowest BCUT2D eigenvalue weighted by Gasteiger charge is -2.19. The maximum absolute atomic E-state index is 11.9. The van der Waals surface area contributed by atoms with E-state index in [1.807, 2.05) is 6.07 Å². The van der Waals surface area contributed by atoms with Crippen LogP contribution >= 0.6 is 0 Å². The Kier molecular flexibility index (Phi) is 4.17. The van der Waals surface area contributed by atoms with Crippen molar-refractivity contribution < 1.29 is 17.9 Å². The first-order chi connectivity index (χ1) is 8.34. The largest absolute Gasteiger partial charge is 0.465 e. The molecule has 100 valence electrons. The third-order valence-corrected chi connectivity index (χ3v) is 5.49. The number of hydrogen-bond acceptors (Lipinski definition) is 5. The minimum absolute atomic E-state index is 0.00468. The van der Waals surface area contributed by atoms with E-state index < -0.39 is 26.5 Å². The van der Waals surface area contributed by atoms with Crippen molar-refractivity contribution in [3.05, 3.63) is 12.2 Å². The second-order valence-corrected chi connectivity index (χ2v) is 6.89. The van der Waals surface area contributed by atoms with Crippen LogP contribution in [-0.2, 0) is 19.4 Å². The first-order valence-corrected chi connectivity index (χ1v) is 7.54. The van der Waals surface area contributed by atoms with E-state index in [0.717, 1.165) is 0 Å². The van der Waals surface area contributed by atoms with Crippen LogP contribution in [0.1, 0.15) is 26.7 Å². The Morgan fingerprint density at radius 2 is 2.22 bits per heavy atom. The minimum atomic E-state index is -3.28. The molecule has 2 atom stereocenters. The molecule has 0 amide bonds. The van der Waals surface area contributed by atoms with Gasteiger partial charge in [-0.05, 0) is 25.3 Å². The summed E-state index contributed by atoms with van der Waals surface area (Å²) in [5, 5.41) is 8.52. The zero-order chi connectivity index (χ0) is 14.0. The summed E-state index contributed by atoms with van der Waals surface area (Å²) in [6.07, 6.45) is 0.111. The quantitative estimate of drug-likeness (QED) is 0.567. The molecule has 1 aliphatic carbocycles. The van der Waals surface area contributed by atoms with Gasteiger partial charge in [-0.3, -0.25) is 0 Å². The van der Waals surface area contributed by atoms with Gasteiger partial charge in [0.1, 0.15) is 0 Å². The van der Waals surface area contributed by atoms with E-state index in [1.54, 1.807) is 13.8 Å². The number of carbonyl (C=O) groups excluding carboxylic acids is 1. The average Bonchev–Trinajstić information content (AvgIpc) is 2.68. The number of ether oxygens (including phenoxy) is 1. The van der Waals surface area contributed by atoms with Gasteiger partial charge in [-0.1, -0.05) is 13.5 Å². The smallest absolute Gasteiger partial charge is 0.330 e. The fourth-order valence-electron chi connectivity index (χ4n) is 2.15. The lowest BCUT2D eigenvalue weighted by atomic mass is 9.85. The highest BCUT2D eigenvalue weighted by atomic mass is 32.2. The number of rotatable bonds is 4. The molecular formula is C12H17NO4S. The molecule has 5 nitrogen and oxygen atoms in total. The standard InChI is InChI=1S/C12H17NO4S/c1-4-17-11(14)12(8-13)7-10(6-9(12)3)18(15,16)5-2/h10H,3-7H2,1-2H3. The monoisotopic (exact) mass is 271 g/mol. The Morgan fingerprint density at radius 3 is 2.67 bits per heavy atom. The van der Waals surface area contributed by atoms with Crippen LogP contribution in [0.5, 0.6) is 0 Å². The summed E-state index contributed by atoms with van der Waals surface area (Å²) in [6, 6.07) is 1.90. The molecular weight excluding hydrogens is 254 g/mol. The number of nitrogens with zero attached hydrogens (tertiary/aromatic N) is 1. The molecule has 0 saturated heterocycles. The third kappa shape index (κ3) is 2.27. The van der Waals surface area contributed by atoms with Crippen LogP contribution in [0.2, 0.25) is 0 Å². The van der Waals surface area contributed by atoms with Gasteiger partial charge in [-0.25, -0.2) is 13.2 Å². The van der Waals surface area contributed by atoms with Crippen molar-refractivity contribution in [1.82, 2.24) is 0 Å². The summed E-state index contributed by atoms with van der Waals surface area (Å²) in [6.45, 7) is 7.04. The molecule has 6 heteroatoms. The Balaban J connectivity index is 3.09. The predicted molar refractivity (Wildman–Crippen MR) is 66.3 cm³/mol. The van der Waals surface area contributed by atoms with Gasteiger partial charge in [0.25, 0.3) is 0 Å². The summed E-state index contributed by atoms with van der Waals surface area (Å²) in [5.74, 6) is -0.693. The number of esters is 1. The van der Waals surface area contributed by atoms with Gasteiger partial charge in [0.2, 0.25) is 0 Å². The van der Waals surface area contributed by atoms with Gasteiger partial charge in [-0.2, -0.15) is 5.26 Å². The van der Waals surface area contributed by atoms with E-state index >= 15 is 0 Å². The first-order valence-electron chi connectivity index (χ1n) is 5.82. The summed E-state index contributed by atoms with van der Waals surface area (Å²) >= 11 is 0. The molecule has 0 aromatic rings. The van der Waals surface area contributed by atoms with Crippen molar-refractivity contribution in [2.24, 2.45) is 5.41 Å². The summed E-state index contributed by atoms with van der Waals surface area (Å²) in [7, 11) is -3.28. The Labute approximate surface area is 107 Å². The van der Waals surface area contributed by atoms with Crippen LogP contribution in [0.3, 0.4) is 0 Å². The fraction of sp³-hybridized carbons (Fsp3) is 0.667. The molecule has 0 N–H and O–H groups in total. The topological polar surface area (TPSA) is 84.2 Å². The van der Waals surface area contributed by atoms with Gasteiger partial charge in [-0.15, -0.1) is 0 Å². The molecule has 1 rings (SSSR count). The molecule has 0 bridgehead atoms. The van der Waals surface area contributed by atoms with Gasteiger partial charge in [0.15, 0.2) is 15.3 Å². The molecule has 1 fully saturated rings. The number of sulfone groups is 1. The first kappa shape index (κ1) is 14.7. The molecule has 1 saturated carbocycles. The predicted octanol–water partition coefficient (Wildman–Crippen LogP) is 1.21. The highest BCUT2D eigenvalue weighted by Gasteiger charge is 2.53. The van der Waals surface area contributed by atoms with E-state index in [-0.39, 0.29) is 25.2 Å². The average molecular weight is 271 g/mol. The second kappa shape index (κ2) is 5.11. The van der Waals surface area contributed by atoms with Crippen molar-refractivity contribution >= 4 is 15.8 Å². The van der Waals surface area contributed by atoms with Crippen molar-refractivity contribution in [3.8, 4) is 6.07 Å². The van der Waals surface area contributed by atoms with Crippen LogP contribution in [0.4, 0.5) is 0 Å². The fourth-order valence-corrected chi connectivity index (χ4v) is 3.58. The normalized spacial score (nSPS) is 27.8. The van der Waals surface area contributed by atoms with E-state index in [2.05, 4.69) is 6.58 Å². The van der Waals surface area contributed by atoms with Crippen molar-refractivity contribution in [1.29, 1.82) is 5.26 Å². The van der Waals surface area contributed by atoms with Gasteiger partial charge in [0, 0.05) is 5.75 Å². The zero-order valence-electron chi connectivity index (χ0n) is 10.6. The van der Waals surface area contributed by atoms with Crippen LogP contribution in [0.25, 0.3) is 0 Å². The Hall–Kier alpha value is -1.35. The Morgan fingerprint density at radius 1 is 1.61 bits per heavy atom. The molecule has 0 heterocycles. The molecule has 1 aliphatic rings. The van der Waals surface area contributed by atoms with Crippen LogP contribution in [0, 0.1) is 16.7 Å². The second-order valence-electron chi connectivity index (χ2n) is 4.32. The third-order valence-electron chi connectivity index (χ3n) is 3.34. The van der Waals surface area contributed by atoms with Crippen LogP contribution in [-0.4, -0.2) is 32.0 Å². The highest BCUT2D eigenvalue weighted by Crippen LogP contribution is 2.45. The molecule has 0 aliphatic heterocycles. The summed E-state index contributed by atoms with van der Waals surface area (Å²) in [4.78, 5) is 11.9. The number of hydrogen-bond donors (Lipinski definition) is 0. The zero-order valence-corrected chi connectivity index (χ0v) is 11.4. The van der Waals surface area contributed by atoms with E-state index in [9.17, 15) is 18.5 Å². The molecule has 0 spiro atoms.